The van der Waals surface area contributed by atoms with Crippen LogP contribution in [0.25, 0.3) is 10.9 Å². The van der Waals surface area contributed by atoms with Crippen LogP contribution in [0.4, 0.5) is 21.0 Å². The van der Waals surface area contributed by atoms with Gasteiger partial charge in [-0.3, -0.25) is 5.01 Å². The maximum absolute atomic E-state index is 12.5. The molecule has 3 aromatic rings. The Morgan fingerprint density at radius 2 is 2.07 bits per heavy atom. The Kier molecular flexibility index (Phi) is 4.15. The van der Waals surface area contributed by atoms with Gasteiger partial charge in [0, 0.05) is 11.9 Å². The third-order valence-electron chi connectivity index (χ3n) is 4.58. The summed E-state index contributed by atoms with van der Waals surface area (Å²) in [7, 11) is 1.29. The first kappa shape index (κ1) is 16.9. The van der Waals surface area contributed by atoms with Crippen LogP contribution in [0.1, 0.15) is 11.1 Å². The number of amides is 2. The molecular formula is C19H19N5O3. The summed E-state index contributed by atoms with van der Waals surface area (Å²) in [5.74, 6) is 0. The number of methoxy groups -OCH3 is 1. The zero-order valence-corrected chi connectivity index (χ0v) is 15.0. The third-order valence-corrected chi connectivity index (χ3v) is 4.58. The smallest absolute Gasteiger partial charge is 0.434 e. The first-order valence-corrected chi connectivity index (χ1v) is 8.56. The number of ether oxygens (including phenoxy) is 1. The largest absolute Gasteiger partial charge is 0.451 e. The molecule has 1 aromatic heterocycles. The van der Waals surface area contributed by atoms with E-state index in [-0.39, 0.29) is 6.03 Å². The number of aryl methyl sites for hydroxylation is 1. The molecule has 2 aromatic carbocycles. The molecule has 0 saturated heterocycles. The molecule has 4 rings (SSSR count). The quantitative estimate of drug-likeness (QED) is 0.729. The summed E-state index contributed by atoms with van der Waals surface area (Å²) in [4.78, 5) is 24.3. The van der Waals surface area contributed by atoms with Crippen molar-refractivity contribution in [2.75, 3.05) is 24.0 Å². The van der Waals surface area contributed by atoms with E-state index < -0.39 is 6.09 Å². The summed E-state index contributed by atoms with van der Waals surface area (Å²) in [6, 6.07) is 11.1. The second kappa shape index (κ2) is 6.64. The fourth-order valence-corrected chi connectivity index (χ4v) is 3.31. The Bertz CT molecular complexity index is 1040. The first-order chi connectivity index (χ1) is 13.1. The number of carbonyl (C=O) groups is 2. The van der Waals surface area contributed by atoms with Crippen LogP contribution >= 0.6 is 0 Å². The van der Waals surface area contributed by atoms with Gasteiger partial charge in [0.25, 0.3) is 0 Å². The van der Waals surface area contributed by atoms with Crippen molar-refractivity contribution in [2.45, 2.75) is 13.3 Å². The Morgan fingerprint density at radius 1 is 1.22 bits per heavy atom. The predicted molar refractivity (Wildman–Crippen MR) is 102 cm³/mol. The number of rotatable bonds is 2. The van der Waals surface area contributed by atoms with Crippen molar-refractivity contribution >= 4 is 34.4 Å². The van der Waals surface area contributed by atoms with Gasteiger partial charge in [-0.05, 0) is 37.1 Å². The number of anilines is 2. The number of hydrogen-bond acceptors (Lipinski definition) is 5. The van der Waals surface area contributed by atoms with E-state index in [1.54, 1.807) is 18.2 Å². The number of urea groups is 1. The zero-order valence-electron chi connectivity index (χ0n) is 15.0. The minimum Gasteiger partial charge on any atom is -0.451 e. The van der Waals surface area contributed by atoms with E-state index in [1.807, 2.05) is 17.1 Å². The van der Waals surface area contributed by atoms with Crippen LogP contribution in [0.5, 0.6) is 0 Å². The van der Waals surface area contributed by atoms with Crippen molar-refractivity contribution in [1.82, 2.24) is 15.2 Å². The highest BCUT2D eigenvalue weighted by molar-refractivity contribution is 6.02. The second-order valence-corrected chi connectivity index (χ2v) is 6.36. The molecule has 138 valence electrons. The van der Waals surface area contributed by atoms with Gasteiger partial charge in [0.2, 0.25) is 0 Å². The van der Waals surface area contributed by atoms with Crippen molar-refractivity contribution in [3.63, 3.8) is 0 Å². The molecule has 0 fully saturated rings. The third kappa shape index (κ3) is 3.05. The number of aromatic nitrogens is 2. The molecule has 0 aliphatic carbocycles. The van der Waals surface area contributed by atoms with Gasteiger partial charge in [-0.15, -0.1) is 0 Å². The summed E-state index contributed by atoms with van der Waals surface area (Å²) in [6.07, 6.45) is 1.82. The van der Waals surface area contributed by atoms with Crippen LogP contribution < -0.4 is 15.8 Å². The SMILES string of the molecule is COC(=O)n1ncc2c(NC(=O)NN3CCc4cc(C)ccc43)cccc21. The topological polar surface area (TPSA) is 88.5 Å². The Balaban J connectivity index is 1.53. The van der Waals surface area contributed by atoms with E-state index >= 15 is 0 Å². The highest BCUT2D eigenvalue weighted by Gasteiger charge is 2.21. The highest BCUT2D eigenvalue weighted by Crippen LogP contribution is 2.27. The molecule has 0 spiro atoms. The van der Waals surface area contributed by atoms with Crippen molar-refractivity contribution < 1.29 is 14.3 Å². The van der Waals surface area contributed by atoms with Gasteiger partial charge in [-0.1, -0.05) is 23.8 Å². The van der Waals surface area contributed by atoms with Gasteiger partial charge in [0.05, 0.1) is 30.2 Å². The molecule has 0 atom stereocenters. The molecule has 2 N–H and O–H groups in total. The number of benzene rings is 2. The molecule has 8 heteroatoms. The average Bonchev–Trinajstić information content (AvgIpc) is 3.26. The molecule has 1 aliphatic heterocycles. The van der Waals surface area contributed by atoms with Crippen LogP contribution in [0.3, 0.4) is 0 Å². The van der Waals surface area contributed by atoms with Crippen molar-refractivity contribution in [3.05, 3.63) is 53.7 Å². The van der Waals surface area contributed by atoms with Crippen LogP contribution in [0.2, 0.25) is 0 Å². The van der Waals surface area contributed by atoms with Gasteiger partial charge >= 0.3 is 12.1 Å². The lowest BCUT2D eigenvalue weighted by atomic mass is 10.1. The van der Waals surface area contributed by atoms with Gasteiger partial charge in [0.15, 0.2) is 0 Å². The lowest BCUT2D eigenvalue weighted by Gasteiger charge is -2.21. The highest BCUT2D eigenvalue weighted by atomic mass is 16.5. The predicted octanol–water partition coefficient (Wildman–Crippen LogP) is 3.06. The fourth-order valence-electron chi connectivity index (χ4n) is 3.31. The Labute approximate surface area is 155 Å². The Morgan fingerprint density at radius 3 is 2.89 bits per heavy atom. The van der Waals surface area contributed by atoms with Gasteiger partial charge < -0.3 is 10.1 Å². The average molecular weight is 365 g/mol. The number of hydrogen-bond donors (Lipinski definition) is 2. The molecule has 0 saturated carbocycles. The standard InChI is InChI=1S/C19H19N5O3/c1-12-6-7-16-13(10-12)8-9-23(16)22-18(25)21-15-4-3-5-17-14(15)11-20-24(17)19(26)27-2/h3-7,10-11H,8-9H2,1-2H3,(H2,21,22,25). The maximum atomic E-state index is 12.5. The number of hydrazine groups is 1. The molecule has 8 nitrogen and oxygen atoms in total. The maximum Gasteiger partial charge on any atom is 0.434 e. The molecule has 2 amide bonds. The van der Waals surface area contributed by atoms with Crippen LogP contribution in [-0.2, 0) is 11.2 Å². The number of nitrogens with one attached hydrogen (secondary N) is 2. The number of fused-ring (bicyclic) bond motifs is 2. The molecule has 0 bridgehead atoms. The van der Waals surface area contributed by atoms with Crippen molar-refractivity contribution in [3.8, 4) is 0 Å². The number of nitrogens with zero attached hydrogens (tertiary/aromatic N) is 3. The van der Waals surface area contributed by atoms with Gasteiger partial charge in [-0.25, -0.2) is 15.0 Å². The van der Waals surface area contributed by atoms with E-state index in [2.05, 4.69) is 28.8 Å². The van der Waals surface area contributed by atoms with Crippen molar-refractivity contribution in [2.24, 2.45) is 0 Å². The number of carbonyl (C=O) groups excluding carboxylic acids is 2. The minimum atomic E-state index is -0.587. The lowest BCUT2D eigenvalue weighted by Crippen LogP contribution is -2.43. The van der Waals surface area contributed by atoms with E-state index in [0.29, 0.717) is 16.6 Å². The lowest BCUT2D eigenvalue weighted by molar-refractivity contribution is 0.170. The van der Waals surface area contributed by atoms with Gasteiger partial charge in [-0.2, -0.15) is 9.78 Å². The zero-order chi connectivity index (χ0) is 19.0. The molecule has 0 unspecified atom stereocenters. The van der Waals surface area contributed by atoms with Crippen LogP contribution in [0.15, 0.2) is 42.6 Å². The second-order valence-electron chi connectivity index (χ2n) is 6.36. The van der Waals surface area contributed by atoms with Crippen LogP contribution in [0, 0.1) is 6.92 Å². The summed E-state index contributed by atoms with van der Waals surface area (Å²) in [6.45, 7) is 2.77. The van der Waals surface area contributed by atoms with E-state index in [4.69, 9.17) is 4.74 Å². The molecular weight excluding hydrogens is 346 g/mol. The van der Waals surface area contributed by atoms with Gasteiger partial charge in [0.1, 0.15) is 0 Å². The minimum absolute atomic E-state index is 0.359. The molecule has 2 heterocycles. The summed E-state index contributed by atoms with van der Waals surface area (Å²) in [5, 5.41) is 9.35. The normalized spacial score (nSPS) is 12.7. The van der Waals surface area contributed by atoms with Crippen molar-refractivity contribution in [1.29, 1.82) is 0 Å². The summed E-state index contributed by atoms with van der Waals surface area (Å²) >= 11 is 0. The summed E-state index contributed by atoms with van der Waals surface area (Å²) < 4.78 is 5.86. The Hall–Kier alpha value is -3.55. The first-order valence-electron chi connectivity index (χ1n) is 8.56. The van der Waals surface area contributed by atoms with E-state index in [9.17, 15) is 9.59 Å². The van der Waals surface area contributed by atoms with E-state index in [0.717, 1.165) is 23.3 Å². The monoisotopic (exact) mass is 365 g/mol. The molecule has 1 aliphatic rings. The molecule has 0 radical (unpaired) electrons. The molecule has 27 heavy (non-hydrogen) atoms. The van der Waals surface area contributed by atoms with E-state index in [1.165, 1.54) is 24.4 Å². The fraction of sp³-hybridized carbons (Fsp3) is 0.211. The summed E-state index contributed by atoms with van der Waals surface area (Å²) in [5.41, 5.74) is 7.42. The van der Waals surface area contributed by atoms with Crippen LogP contribution in [-0.4, -0.2) is 35.6 Å².